The lowest BCUT2D eigenvalue weighted by Crippen LogP contribution is -2.12. The minimum Gasteiger partial charge on any atom is -0.135 e. The van der Waals surface area contributed by atoms with E-state index in [9.17, 15) is 0 Å². The van der Waals surface area contributed by atoms with Crippen LogP contribution in [0.4, 0.5) is 0 Å². The van der Waals surface area contributed by atoms with E-state index in [0.29, 0.717) is 5.92 Å². The zero-order chi connectivity index (χ0) is 19.7. The molecule has 0 saturated heterocycles. The molecule has 7 rings (SSSR count). The van der Waals surface area contributed by atoms with E-state index in [4.69, 9.17) is 0 Å². The molecule has 1 aromatic heterocycles. The predicted molar refractivity (Wildman–Crippen MR) is 131 cm³/mol. The van der Waals surface area contributed by atoms with Crippen LogP contribution < -0.4 is 0 Å². The van der Waals surface area contributed by atoms with Gasteiger partial charge in [-0.05, 0) is 45.0 Å². The Labute approximate surface area is 185 Å². The van der Waals surface area contributed by atoms with Gasteiger partial charge in [-0.15, -0.1) is 23.1 Å². The van der Waals surface area contributed by atoms with E-state index in [-0.39, 0.29) is 5.41 Å². The summed E-state index contributed by atoms with van der Waals surface area (Å²) in [5.41, 5.74) is 7.37. The Balaban J connectivity index is 1.32. The number of allylic oxidation sites excluding steroid dienone is 4. The second kappa shape index (κ2) is 6.23. The molecule has 3 aromatic carbocycles. The maximum atomic E-state index is 2.50. The van der Waals surface area contributed by atoms with Crippen molar-refractivity contribution < 1.29 is 0 Å². The lowest BCUT2D eigenvalue weighted by molar-refractivity contribution is 0.812. The topological polar surface area (TPSA) is 0 Å². The summed E-state index contributed by atoms with van der Waals surface area (Å²) in [4.78, 5) is 3.14. The summed E-state index contributed by atoms with van der Waals surface area (Å²) in [6.45, 7) is 0. The van der Waals surface area contributed by atoms with E-state index in [2.05, 4.69) is 103 Å². The van der Waals surface area contributed by atoms with Gasteiger partial charge in [0.25, 0.3) is 0 Å². The number of rotatable bonds is 2. The maximum Gasteiger partial charge on any atom is 0.0403 e. The normalized spacial score (nSPS) is 23.8. The number of benzene rings is 3. The van der Waals surface area contributed by atoms with Gasteiger partial charge >= 0.3 is 0 Å². The van der Waals surface area contributed by atoms with Crippen LogP contribution in [0.25, 0.3) is 26.8 Å². The van der Waals surface area contributed by atoms with Crippen LogP contribution in [-0.4, -0.2) is 0 Å². The van der Waals surface area contributed by atoms with Crippen LogP contribution in [0.1, 0.15) is 22.4 Å². The minimum absolute atomic E-state index is 0.252. The Morgan fingerprint density at radius 1 is 0.833 bits per heavy atom. The average molecular weight is 421 g/mol. The Morgan fingerprint density at radius 2 is 1.63 bits per heavy atom. The van der Waals surface area contributed by atoms with Crippen LogP contribution in [0.2, 0.25) is 0 Å². The molecule has 0 spiro atoms. The summed E-state index contributed by atoms with van der Waals surface area (Å²) < 4.78 is 1.42. The molecule has 2 heterocycles. The number of hydrogen-bond donors (Lipinski definition) is 0. The molecule has 4 aromatic rings. The summed E-state index contributed by atoms with van der Waals surface area (Å²) in [5, 5.41) is 1.44. The molecule has 30 heavy (non-hydrogen) atoms. The SMILES string of the molecule is C1=CC2(c3ccccc3)CC2C2=C1c1sc3cc(-c4ccccc4)ccc3c1CS2. The average Bonchev–Trinajstić information content (AvgIpc) is 3.47. The van der Waals surface area contributed by atoms with Gasteiger partial charge in [-0.1, -0.05) is 84.9 Å². The number of hydrogen-bond acceptors (Lipinski definition) is 2. The summed E-state index contributed by atoms with van der Waals surface area (Å²) in [6, 6.07) is 28.8. The highest BCUT2D eigenvalue weighted by atomic mass is 32.2. The first-order chi connectivity index (χ1) is 14.8. The van der Waals surface area contributed by atoms with Crippen molar-refractivity contribution in [2.45, 2.75) is 17.6 Å². The van der Waals surface area contributed by atoms with Crippen LogP contribution >= 0.6 is 23.1 Å². The monoisotopic (exact) mass is 420 g/mol. The molecule has 3 aliphatic rings. The highest BCUT2D eigenvalue weighted by molar-refractivity contribution is 8.02. The van der Waals surface area contributed by atoms with Crippen LogP contribution in [0.3, 0.4) is 0 Å². The van der Waals surface area contributed by atoms with Crippen molar-refractivity contribution in [3.63, 3.8) is 0 Å². The predicted octanol–water partition coefficient (Wildman–Crippen LogP) is 8.05. The molecule has 1 aliphatic heterocycles. The third-order valence-corrected chi connectivity index (χ3v) is 9.44. The molecule has 0 radical (unpaired) electrons. The van der Waals surface area contributed by atoms with Gasteiger partial charge < -0.3 is 0 Å². The highest BCUT2D eigenvalue weighted by Gasteiger charge is 2.57. The highest BCUT2D eigenvalue weighted by Crippen LogP contribution is 2.66. The van der Waals surface area contributed by atoms with Crippen LogP contribution in [-0.2, 0) is 11.2 Å². The summed E-state index contributed by atoms with van der Waals surface area (Å²) in [5.74, 6) is 1.77. The van der Waals surface area contributed by atoms with E-state index in [1.807, 2.05) is 11.3 Å². The molecule has 0 bridgehead atoms. The van der Waals surface area contributed by atoms with Gasteiger partial charge in [0.1, 0.15) is 0 Å². The number of thiophene rings is 1. The first-order valence-electron chi connectivity index (χ1n) is 10.6. The van der Waals surface area contributed by atoms with Crippen LogP contribution in [0.15, 0.2) is 95.9 Å². The molecule has 1 fully saturated rings. The summed E-state index contributed by atoms with van der Waals surface area (Å²) >= 11 is 4.07. The van der Waals surface area contributed by atoms with Gasteiger partial charge in [0, 0.05) is 32.2 Å². The standard InChI is InChI=1S/C28H20S2/c1-3-7-18(8-4-1)19-11-12-21-23-17-29-27-22(26(23)30-25(21)15-19)13-14-28(16-24(27)28)20-9-5-2-6-10-20/h1-15,24H,16-17H2. The molecule has 0 amide bonds. The van der Waals surface area contributed by atoms with Crippen molar-refractivity contribution in [2.75, 3.05) is 0 Å². The molecule has 144 valence electrons. The van der Waals surface area contributed by atoms with Crippen LogP contribution in [0, 0.1) is 5.92 Å². The van der Waals surface area contributed by atoms with Gasteiger partial charge in [0.15, 0.2) is 0 Å². The van der Waals surface area contributed by atoms with E-state index in [0.717, 1.165) is 5.75 Å². The first-order valence-corrected chi connectivity index (χ1v) is 12.4. The molecule has 2 aliphatic carbocycles. The fourth-order valence-electron chi connectivity index (χ4n) is 5.29. The molecule has 2 unspecified atom stereocenters. The van der Waals surface area contributed by atoms with Crippen molar-refractivity contribution in [1.29, 1.82) is 0 Å². The smallest absolute Gasteiger partial charge is 0.0403 e. The molecule has 2 atom stereocenters. The molecule has 2 heteroatoms. The van der Waals surface area contributed by atoms with Crippen molar-refractivity contribution in [3.8, 4) is 11.1 Å². The second-order valence-corrected chi connectivity index (χ2v) is 10.6. The van der Waals surface area contributed by atoms with Gasteiger partial charge in [-0.3, -0.25) is 0 Å². The van der Waals surface area contributed by atoms with E-state index in [1.54, 1.807) is 4.91 Å². The Hall–Kier alpha value is -2.55. The fourth-order valence-corrected chi connectivity index (χ4v) is 8.17. The van der Waals surface area contributed by atoms with Gasteiger partial charge in [-0.2, -0.15) is 0 Å². The minimum atomic E-state index is 0.252. The first kappa shape index (κ1) is 17.2. The van der Waals surface area contributed by atoms with E-state index >= 15 is 0 Å². The van der Waals surface area contributed by atoms with Gasteiger partial charge in [-0.25, -0.2) is 0 Å². The number of thioether (sulfide) groups is 1. The maximum absolute atomic E-state index is 2.50. The zero-order valence-electron chi connectivity index (χ0n) is 16.5. The third-order valence-electron chi connectivity index (χ3n) is 6.96. The third kappa shape index (κ3) is 2.35. The van der Waals surface area contributed by atoms with Crippen LogP contribution in [0.5, 0.6) is 0 Å². The molecular weight excluding hydrogens is 400 g/mol. The quantitative estimate of drug-likeness (QED) is 0.316. The molecule has 0 N–H and O–H groups in total. The lowest BCUT2D eigenvalue weighted by Gasteiger charge is -2.25. The van der Waals surface area contributed by atoms with Gasteiger partial charge in [0.05, 0.1) is 0 Å². The molecule has 1 saturated carbocycles. The molecular formula is C28H20S2. The van der Waals surface area contributed by atoms with E-state index in [1.165, 1.54) is 49.2 Å². The zero-order valence-corrected chi connectivity index (χ0v) is 18.1. The second-order valence-electron chi connectivity index (χ2n) is 8.55. The Morgan fingerprint density at radius 3 is 2.47 bits per heavy atom. The number of fused-ring (bicyclic) bond motifs is 6. The fraction of sp³-hybridized carbons (Fsp3) is 0.143. The summed E-state index contributed by atoms with van der Waals surface area (Å²) in [7, 11) is 0. The largest absolute Gasteiger partial charge is 0.135 e. The molecule has 0 nitrogen and oxygen atoms in total. The van der Waals surface area contributed by atoms with E-state index < -0.39 is 0 Å². The van der Waals surface area contributed by atoms with Gasteiger partial charge in [0.2, 0.25) is 0 Å². The lowest BCUT2D eigenvalue weighted by atomic mass is 9.87. The van der Waals surface area contributed by atoms with Crippen molar-refractivity contribution in [3.05, 3.63) is 112 Å². The van der Waals surface area contributed by atoms with Crippen molar-refractivity contribution >= 4 is 38.8 Å². The van der Waals surface area contributed by atoms with Crippen molar-refractivity contribution in [2.24, 2.45) is 5.92 Å². The summed E-state index contributed by atoms with van der Waals surface area (Å²) in [6.07, 6.45) is 6.20. The Bertz CT molecular complexity index is 1360. The Kier molecular flexibility index (Phi) is 3.56. The van der Waals surface area contributed by atoms with Crippen molar-refractivity contribution in [1.82, 2.24) is 0 Å².